The van der Waals surface area contributed by atoms with E-state index in [0.29, 0.717) is 15.6 Å². The molecule has 7 nitrogen and oxygen atoms in total. The highest BCUT2D eigenvalue weighted by Crippen LogP contribution is 2.20. The highest BCUT2D eigenvalue weighted by atomic mass is 79.9. The SMILES string of the molecule is COC(=O)[C@@H](Cc1ccccc1[N+](=O)[O-])NC(=O)c1cccc(Br)c1. The van der Waals surface area contributed by atoms with Gasteiger partial charge in [0, 0.05) is 28.1 Å². The molecule has 0 saturated carbocycles. The molecule has 0 spiro atoms. The summed E-state index contributed by atoms with van der Waals surface area (Å²) >= 11 is 3.27. The van der Waals surface area contributed by atoms with Crippen molar-refractivity contribution >= 4 is 33.5 Å². The molecule has 1 amide bonds. The Balaban J connectivity index is 2.24. The standard InChI is InChI=1S/C17H15BrN2O5/c1-25-17(22)14(10-11-5-2-3-8-15(11)20(23)24)19-16(21)12-6-4-7-13(18)9-12/h2-9,14H,10H2,1H3,(H,19,21)/t14-/m1/s1. The predicted molar refractivity (Wildman–Crippen MR) is 94.2 cm³/mol. The molecule has 0 aliphatic heterocycles. The molecule has 0 heterocycles. The molecule has 0 unspecified atom stereocenters. The van der Waals surface area contributed by atoms with Gasteiger partial charge in [-0.1, -0.05) is 40.2 Å². The van der Waals surface area contributed by atoms with Crippen LogP contribution in [0.15, 0.2) is 53.0 Å². The van der Waals surface area contributed by atoms with Crippen molar-refractivity contribution < 1.29 is 19.2 Å². The van der Waals surface area contributed by atoms with E-state index >= 15 is 0 Å². The van der Waals surface area contributed by atoms with Crippen molar-refractivity contribution in [2.24, 2.45) is 0 Å². The number of esters is 1. The maximum Gasteiger partial charge on any atom is 0.328 e. The van der Waals surface area contributed by atoms with E-state index in [9.17, 15) is 19.7 Å². The van der Waals surface area contributed by atoms with E-state index in [1.54, 1.807) is 36.4 Å². The Morgan fingerprint density at radius 2 is 1.96 bits per heavy atom. The normalized spacial score (nSPS) is 11.4. The summed E-state index contributed by atoms with van der Waals surface area (Å²) in [7, 11) is 1.19. The van der Waals surface area contributed by atoms with E-state index in [0.717, 1.165) is 0 Å². The number of benzene rings is 2. The molecular formula is C17H15BrN2O5. The first-order chi connectivity index (χ1) is 11.9. The Hall–Kier alpha value is -2.74. The van der Waals surface area contributed by atoms with Crippen LogP contribution in [0.2, 0.25) is 0 Å². The second-order valence-electron chi connectivity index (χ2n) is 5.15. The molecule has 1 N–H and O–H groups in total. The Morgan fingerprint density at radius 3 is 2.60 bits per heavy atom. The van der Waals surface area contributed by atoms with Crippen molar-refractivity contribution in [2.45, 2.75) is 12.5 Å². The molecule has 0 saturated heterocycles. The van der Waals surface area contributed by atoms with Gasteiger partial charge in [-0.2, -0.15) is 0 Å². The van der Waals surface area contributed by atoms with Crippen molar-refractivity contribution in [3.63, 3.8) is 0 Å². The van der Waals surface area contributed by atoms with Gasteiger partial charge in [0.25, 0.3) is 11.6 Å². The highest BCUT2D eigenvalue weighted by molar-refractivity contribution is 9.10. The van der Waals surface area contributed by atoms with Crippen molar-refractivity contribution in [1.29, 1.82) is 0 Å². The van der Waals surface area contributed by atoms with E-state index in [-0.39, 0.29) is 12.1 Å². The van der Waals surface area contributed by atoms with E-state index in [4.69, 9.17) is 4.74 Å². The number of hydrogen-bond donors (Lipinski definition) is 1. The number of carbonyl (C=O) groups excluding carboxylic acids is 2. The molecule has 1 atom stereocenters. The predicted octanol–water partition coefficient (Wildman–Crippen LogP) is 2.87. The van der Waals surface area contributed by atoms with Gasteiger partial charge in [0.15, 0.2) is 0 Å². The smallest absolute Gasteiger partial charge is 0.328 e. The first kappa shape index (κ1) is 18.6. The van der Waals surface area contributed by atoms with Crippen LogP contribution < -0.4 is 5.32 Å². The minimum Gasteiger partial charge on any atom is -0.467 e. The van der Waals surface area contributed by atoms with Crippen LogP contribution in [-0.4, -0.2) is 30.0 Å². The number of amides is 1. The third-order valence-electron chi connectivity index (χ3n) is 3.49. The summed E-state index contributed by atoms with van der Waals surface area (Å²) in [6.45, 7) is 0. The number of methoxy groups -OCH3 is 1. The van der Waals surface area contributed by atoms with E-state index in [2.05, 4.69) is 21.2 Å². The molecule has 2 aromatic carbocycles. The van der Waals surface area contributed by atoms with Crippen LogP contribution in [0.3, 0.4) is 0 Å². The lowest BCUT2D eigenvalue weighted by atomic mass is 10.0. The third-order valence-corrected chi connectivity index (χ3v) is 3.98. The summed E-state index contributed by atoms with van der Waals surface area (Å²) in [5, 5.41) is 13.7. The zero-order valence-corrected chi connectivity index (χ0v) is 14.9. The van der Waals surface area contributed by atoms with Gasteiger partial charge >= 0.3 is 5.97 Å². The Bertz CT molecular complexity index is 809. The molecule has 130 valence electrons. The lowest BCUT2D eigenvalue weighted by Crippen LogP contribution is -2.43. The molecule has 2 aromatic rings. The van der Waals surface area contributed by atoms with Crippen LogP contribution in [0.1, 0.15) is 15.9 Å². The summed E-state index contributed by atoms with van der Waals surface area (Å²) < 4.78 is 5.43. The molecule has 0 aromatic heterocycles. The van der Waals surface area contributed by atoms with Crippen molar-refractivity contribution in [3.8, 4) is 0 Å². The maximum atomic E-state index is 12.4. The topological polar surface area (TPSA) is 98.5 Å². The molecule has 2 rings (SSSR count). The van der Waals surface area contributed by atoms with Gasteiger partial charge in [0.05, 0.1) is 12.0 Å². The molecule has 25 heavy (non-hydrogen) atoms. The Labute approximate surface area is 152 Å². The average molecular weight is 407 g/mol. The molecule has 0 bridgehead atoms. The average Bonchev–Trinajstić information content (AvgIpc) is 2.60. The first-order valence-corrected chi connectivity index (χ1v) is 8.08. The van der Waals surface area contributed by atoms with Gasteiger partial charge in [-0.05, 0) is 18.2 Å². The minimum atomic E-state index is -1.04. The minimum absolute atomic E-state index is 0.0520. The quantitative estimate of drug-likeness (QED) is 0.451. The molecule has 0 fully saturated rings. The summed E-state index contributed by atoms with van der Waals surface area (Å²) in [5.41, 5.74) is 0.566. The molecule has 0 aliphatic carbocycles. The summed E-state index contributed by atoms with van der Waals surface area (Å²) in [4.78, 5) is 35.0. The van der Waals surface area contributed by atoms with E-state index in [1.165, 1.54) is 19.2 Å². The number of nitrogens with one attached hydrogen (secondary N) is 1. The highest BCUT2D eigenvalue weighted by Gasteiger charge is 2.26. The third kappa shape index (κ3) is 4.87. The lowest BCUT2D eigenvalue weighted by molar-refractivity contribution is -0.385. The summed E-state index contributed by atoms with van der Waals surface area (Å²) in [6, 6.07) is 11.7. The fourth-order valence-corrected chi connectivity index (χ4v) is 2.69. The van der Waals surface area contributed by atoms with Gasteiger partial charge in [-0.25, -0.2) is 4.79 Å². The van der Waals surface area contributed by atoms with Crippen LogP contribution in [0.25, 0.3) is 0 Å². The number of rotatable bonds is 6. The number of ether oxygens (including phenoxy) is 1. The molecule has 8 heteroatoms. The zero-order valence-electron chi connectivity index (χ0n) is 13.3. The van der Waals surface area contributed by atoms with E-state index in [1.807, 2.05) is 0 Å². The second-order valence-corrected chi connectivity index (χ2v) is 6.07. The van der Waals surface area contributed by atoms with Crippen LogP contribution in [-0.2, 0) is 16.0 Å². The van der Waals surface area contributed by atoms with Crippen LogP contribution in [0, 0.1) is 10.1 Å². The van der Waals surface area contributed by atoms with Crippen LogP contribution >= 0.6 is 15.9 Å². The zero-order chi connectivity index (χ0) is 18.4. The van der Waals surface area contributed by atoms with Gasteiger partial charge in [-0.3, -0.25) is 14.9 Å². The van der Waals surface area contributed by atoms with Crippen molar-refractivity contribution in [1.82, 2.24) is 5.32 Å². The summed E-state index contributed by atoms with van der Waals surface area (Å²) in [6.07, 6.45) is -0.0520. The fourth-order valence-electron chi connectivity index (χ4n) is 2.29. The van der Waals surface area contributed by atoms with Crippen molar-refractivity contribution in [2.75, 3.05) is 7.11 Å². The van der Waals surface area contributed by atoms with Crippen molar-refractivity contribution in [3.05, 3.63) is 74.2 Å². The Morgan fingerprint density at radius 1 is 1.24 bits per heavy atom. The van der Waals surface area contributed by atoms with E-state index < -0.39 is 22.8 Å². The number of nitrogens with zero attached hydrogens (tertiary/aromatic N) is 1. The molecule has 0 radical (unpaired) electrons. The van der Waals surface area contributed by atoms with Gasteiger partial charge < -0.3 is 10.1 Å². The number of para-hydroxylation sites is 1. The fraction of sp³-hybridized carbons (Fsp3) is 0.176. The molecule has 0 aliphatic rings. The van der Waals surface area contributed by atoms with Crippen LogP contribution in [0.5, 0.6) is 0 Å². The summed E-state index contributed by atoms with van der Waals surface area (Å²) in [5.74, 6) is -1.16. The van der Waals surface area contributed by atoms with Gasteiger partial charge in [0.2, 0.25) is 0 Å². The number of nitro benzene ring substituents is 1. The Kier molecular flexibility index (Phi) is 6.24. The lowest BCUT2D eigenvalue weighted by Gasteiger charge is -2.17. The number of hydrogen-bond acceptors (Lipinski definition) is 5. The largest absolute Gasteiger partial charge is 0.467 e. The monoisotopic (exact) mass is 406 g/mol. The molecular weight excluding hydrogens is 392 g/mol. The van der Waals surface area contributed by atoms with Gasteiger partial charge in [0.1, 0.15) is 6.04 Å². The number of nitro groups is 1. The first-order valence-electron chi connectivity index (χ1n) is 7.29. The maximum absolute atomic E-state index is 12.4. The number of carbonyl (C=O) groups is 2. The number of halogens is 1. The second kappa shape index (κ2) is 8.39. The van der Waals surface area contributed by atoms with Crippen LogP contribution in [0.4, 0.5) is 5.69 Å². The van der Waals surface area contributed by atoms with Gasteiger partial charge in [-0.15, -0.1) is 0 Å².